The molecule has 8 heteroatoms. The minimum Gasteiger partial charge on any atom is -0.480 e. The number of aliphatic carboxylic acids is 1. The van der Waals surface area contributed by atoms with Gasteiger partial charge >= 0.3 is 12.0 Å². The summed E-state index contributed by atoms with van der Waals surface area (Å²) in [5, 5.41) is 15.4. The van der Waals surface area contributed by atoms with E-state index < -0.39 is 17.5 Å². The van der Waals surface area contributed by atoms with Crippen molar-refractivity contribution >= 4 is 23.3 Å². The lowest BCUT2D eigenvalue weighted by atomic mass is 9.90. The summed E-state index contributed by atoms with van der Waals surface area (Å²) in [5.41, 5.74) is -0.291. The molecular weight excluding hydrogens is 294 g/mol. The Hall–Kier alpha value is -1.67. The van der Waals surface area contributed by atoms with Crippen LogP contribution in [0.25, 0.3) is 0 Å². The second-order valence-corrected chi connectivity index (χ2v) is 6.34. The first-order chi connectivity index (χ1) is 9.93. The molecule has 2 rings (SSSR count). The fourth-order valence-corrected chi connectivity index (χ4v) is 3.02. The number of ether oxygens (including phenoxy) is 1. The Kier molecular flexibility index (Phi) is 4.79. The summed E-state index contributed by atoms with van der Waals surface area (Å²) >= 11 is 1.52. The van der Waals surface area contributed by atoms with Crippen LogP contribution in [0.4, 0.5) is 4.79 Å². The number of carbonyl (C=O) groups excluding carboxylic acids is 1. The Morgan fingerprint density at radius 1 is 1.38 bits per heavy atom. The van der Waals surface area contributed by atoms with Gasteiger partial charge in [0.15, 0.2) is 0 Å². The largest absolute Gasteiger partial charge is 0.480 e. The fraction of sp³-hybridized carbons (Fsp3) is 0.615. The summed E-state index contributed by atoms with van der Waals surface area (Å²) in [4.78, 5) is 28.8. The summed E-state index contributed by atoms with van der Waals surface area (Å²) in [6.45, 7) is 4.83. The van der Waals surface area contributed by atoms with Gasteiger partial charge in [-0.2, -0.15) is 0 Å². The van der Waals surface area contributed by atoms with Crippen LogP contribution in [0.15, 0.2) is 0 Å². The number of amides is 2. The topological polar surface area (TPSA) is 101 Å². The van der Waals surface area contributed by atoms with Crippen LogP contribution in [0.2, 0.25) is 0 Å². The zero-order chi connectivity index (χ0) is 15.5. The van der Waals surface area contributed by atoms with Gasteiger partial charge in [0, 0.05) is 30.9 Å². The summed E-state index contributed by atoms with van der Waals surface area (Å²) in [5.74, 6) is -1.03. The van der Waals surface area contributed by atoms with Crippen molar-refractivity contribution in [3.05, 3.63) is 15.6 Å². The molecule has 116 valence electrons. The number of aryl methyl sites for hydroxylation is 2. The molecule has 1 aliphatic rings. The third-order valence-electron chi connectivity index (χ3n) is 3.58. The van der Waals surface area contributed by atoms with Crippen LogP contribution < -0.4 is 10.6 Å². The molecule has 1 saturated heterocycles. The van der Waals surface area contributed by atoms with Crippen molar-refractivity contribution in [3.63, 3.8) is 0 Å². The van der Waals surface area contributed by atoms with Crippen molar-refractivity contribution in [2.24, 2.45) is 0 Å². The van der Waals surface area contributed by atoms with E-state index in [0.29, 0.717) is 13.2 Å². The van der Waals surface area contributed by atoms with E-state index in [1.807, 2.05) is 13.8 Å². The lowest BCUT2D eigenvalue weighted by Crippen LogP contribution is -2.59. The van der Waals surface area contributed by atoms with Crippen molar-refractivity contribution in [2.45, 2.75) is 38.8 Å². The fourth-order valence-electron chi connectivity index (χ4n) is 2.14. The van der Waals surface area contributed by atoms with Gasteiger partial charge < -0.3 is 20.5 Å². The number of carbonyl (C=O) groups is 2. The molecule has 0 unspecified atom stereocenters. The average molecular weight is 313 g/mol. The predicted octanol–water partition coefficient (Wildman–Crippen LogP) is 1.19. The highest BCUT2D eigenvalue weighted by Gasteiger charge is 2.41. The van der Waals surface area contributed by atoms with Gasteiger partial charge in [-0.15, -0.1) is 11.3 Å². The number of rotatable bonds is 4. The number of thiazole rings is 1. The zero-order valence-corrected chi connectivity index (χ0v) is 12.9. The van der Waals surface area contributed by atoms with Crippen molar-refractivity contribution in [2.75, 3.05) is 13.2 Å². The number of nitrogens with one attached hydrogen (secondary N) is 2. The summed E-state index contributed by atoms with van der Waals surface area (Å²) in [7, 11) is 0. The molecule has 3 N–H and O–H groups in total. The molecule has 0 aliphatic carbocycles. The van der Waals surface area contributed by atoms with E-state index in [1.165, 1.54) is 11.3 Å². The number of urea groups is 1. The SMILES string of the molecule is Cc1nc(CNC(=O)NC2(C(=O)O)CCOCC2)sc1C. The Bertz CT molecular complexity index is 518. The van der Waals surface area contributed by atoms with Gasteiger partial charge in [0.2, 0.25) is 0 Å². The molecule has 1 aromatic rings. The normalized spacial score (nSPS) is 17.2. The first kappa shape index (κ1) is 15.7. The Morgan fingerprint density at radius 2 is 2.05 bits per heavy atom. The minimum absolute atomic E-state index is 0.269. The third kappa shape index (κ3) is 3.70. The second kappa shape index (κ2) is 6.40. The van der Waals surface area contributed by atoms with E-state index in [9.17, 15) is 14.7 Å². The maximum Gasteiger partial charge on any atom is 0.329 e. The zero-order valence-electron chi connectivity index (χ0n) is 12.1. The lowest BCUT2D eigenvalue weighted by molar-refractivity contribution is -0.148. The van der Waals surface area contributed by atoms with E-state index in [0.717, 1.165) is 15.6 Å². The molecule has 0 atom stereocenters. The Labute approximate surface area is 126 Å². The summed E-state index contributed by atoms with van der Waals surface area (Å²) in [6.07, 6.45) is 0.538. The van der Waals surface area contributed by atoms with E-state index in [4.69, 9.17) is 4.74 Å². The average Bonchev–Trinajstić information content (AvgIpc) is 2.76. The molecule has 7 nitrogen and oxygen atoms in total. The van der Waals surface area contributed by atoms with E-state index in [-0.39, 0.29) is 19.4 Å². The van der Waals surface area contributed by atoms with Crippen LogP contribution in [-0.4, -0.2) is 40.8 Å². The predicted molar refractivity (Wildman–Crippen MR) is 77.4 cm³/mol. The van der Waals surface area contributed by atoms with Gasteiger partial charge in [0.25, 0.3) is 0 Å². The molecule has 1 fully saturated rings. The molecule has 0 radical (unpaired) electrons. The van der Waals surface area contributed by atoms with E-state index in [2.05, 4.69) is 15.6 Å². The molecule has 0 aromatic carbocycles. The van der Waals surface area contributed by atoms with Crippen LogP contribution in [0.1, 0.15) is 28.4 Å². The Balaban J connectivity index is 1.92. The number of aromatic nitrogens is 1. The van der Waals surface area contributed by atoms with Crippen LogP contribution >= 0.6 is 11.3 Å². The number of hydrogen-bond acceptors (Lipinski definition) is 5. The van der Waals surface area contributed by atoms with Crippen LogP contribution in [0.3, 0.4) is 0 Å². The van der Waals surface area contributed by atoms with Gasteiger partial charge in [-0.05, 0) is 13.8 Å². The van der Waals surface area contributed by atoms with Gasteiger partial charge in [0.05, 0.1) is 12.2 Å². The molecule has 0 spiro atoms. The quantitative estimate of drug-likeness (QED) is 0.775. The van der Waals surface area contributed by atoms with Gasteiger partial charge in [-0.25, -0.2) is 14.6 Å². The third-order valence-corrected chi connectivity index (χ3v) is 4.65. The van der Waals surface area contributed by atoms with Crippen molar-refractivity contribution in [1.29, 1.82) is 0 Å². The molecule has 21 heavy (non-hydrogen) atoms. The monoisotopic (exact) mass is 313 g/mol. The van der Waals surface area contributed by atoms with Crippen molar-refractivity contribution in [3.8, 4) is 0 Å². The molecule has 0 bridgehead atoms. The number of nitrogens with zero attached hydrogens (tertiary/aromatic N) is 1. The second-order valence-electron chi connectivity index (χ2n) is 5.06. The first-order valence-electron chi connectivity index (χ1n) is 6.73. The van der Waals surface area contributed by atoms with Gasteiger partial charge in [0.1, 0.15) is 10.5 Å². The Morgan fingerprint density at radius 3 is 2.57 bits per heavy atom. The summed E-state index contributed by atoms with van der Waals surface area (Å²) < 4.78 is 5.16. The number of carboxylic acid groups (broad SMARTS) is 1. The van der Waals surface area contributed by atoms with E-state index in [1.54, 1.807) is 0 Å². The van der Waals surface area contributed by atoms with E-state index >= 15 is 0 Å². The lowest BCUT2D eigenvalue weighted by Gasteiger charge is -2.33. The highest BCUT2D eigenvalue weighted by molar-refractivity contribution is 7.11. The minimum atomic E-state index is -1.24. The van der Waals surface area contributed by atoms with Crippen molar-refractivity contribution in [1.82, 2.24) is 15.6 Å². The van der Waals surface area contributed by atoms with Crippen LogP contribution in [-0.2, 0) is 16.1 Å². The van der Waals surface area contributed by atoms with Crippen LogP contribution in [0.5, 0.6) is 0 Å². The maximum absolute atomic E-state index is 11.9. The maximum atomic E-state index is 11.9. The molecule has 0 saturated carbocycles. The smallest absolute Gasteiger partial charge is 0.329 e. The molecule has 1 aliphatic heterocycles. The number of carboxylic acids is 1. The molecule has 1 aromatic heterocycles. The molecule has 2 amide bonds. The molecule has 2 heterocycles. The van der Waals surface area contributed by atoms with Crippen LogP contribution in [0, 0.1) is 13.8 Å². The van der Waals surface area contributed by atoms with Crippen molar-refractivity contribution < 1.29 is 19.4 Å². The first-order valence-corrected chi connectivity index (χ1v) is 7.55. The summed E-state index contributed by atoms with van der Waals surface area (Å²) in [6, 6.07) is -0.496. The highest BCUT2D eigenvalue weighted by atomic mass is 32.1. The molecular formula is C13H19N3O4S. The number of hydrogen-bond donors (Lipinski definition) is 3. The van der Waals surface area contributed by atoms with Gasteiger partial charge in [-0.3, -0.25) is 0 Å². The highest BCUT2D eigenvalue weighted by Crippen LogP contribution is 2.21. The van der Waals surface area contributed by atoms with Gasteiger partial charge in [-0.1, -0.05) is 0 Å². The standard InChI is InChI=1S/C13H19N3O4S/c1-8-9(2)21-10(15-8)7-14-12(19)16-13(11(17)18)3-5-20-6-4-13/h3-7H2,1-2H3,(H,17,18)(H2,14,16,19).